The van der Waals surface area contributed by atoms with Gasteiger partial charge in [-0.2, -0.15) is 0 Å². The number of benzene rings is 2. The van der Waals surface area contributed by atoms with Gasteiger partial charge in [-0.3, -0.25) is 9.59 Å². The number of amides is 1. The zero-order valence-electron chi connectivity index (χ0n) is 13.6. The van der Waals surface area contributed by atoms with Crippen molar-refractivity contribution in [3.63, 3.8) is 0 Å². The minimum absolute atomic E-state index is 0.0950. The molecule has 0 atom stereocenters. The molecule has 6 heteroatoms. The van der Waals surface area contributed by atoms with E-state index in [1.54, 1.807) is 26.2 Å². The number of hydrogen-bond donors (Lipinski definition) is 1. The first kappa shape index (κ1) is 15.9. The number of phenols is 1. The first-order chi connectivity index (χ1) is 11.4. The van der Waals surface area contributed by atoms with Crippen LogP contribution in [0.25, 0.3) is 21.9 Å². The summed E-state index contributed by atoms with van der Waals surface area (Å²) >= 11 is 0. The first-order valence-corrected chi connectivity index (χ1v) is 7.40. The van der Waals surface area contributed by atoms with Crippen LogP contribution in [0.4, 0.5) is 0 Å². The molecule has 0 saturated carbocycles. The lowest BCUT2D eigenvalue weighted by Crippen LogP contribution is -2.27. The van der Waals surface area contributed by atoms with Crippen molar-refractivity contribution in [2.75, 3.05) is 20.7 Å². The molecule has 0 saturated heterocycles. The quantitative estimate of drug-likeness (QED) is 0.747. The van der Waals surface area contributed by atoms with Crippen molar-refractivity contribution in [3.05, 3.63) is 46.1 Å². The Labute approximate surface area is 137 Å². The predicted octanol–water partition coefficient (Wildman–Crippen LogP) is 2.43. The molecule has 0 aliphatic carbocycles. The van der Waals surface area contributed by atoms with E-state index in [1.807, 2.05) is 13.0 Å². The second-order valence-electron chi connectivity index (χ2n) is 5.82. The lowest BCUT2D eigenvalue weighted by molar-refractivity contribution is -0.130. The Bertz CT molecular complexity index is 1000. The predicted molar refractivity (Wildman–Crippen MR) is 90.6 cm³/mol. The van der Waals surface area contributed by atoms with Gasteiger partial charge in [0.2, 0.25) is 5.43 Å². The van der Waals surface area contributed by atoms with E-state index < -0.39 is 0 Å². The molecule has 0 fully saturated rings. The van der Waals surface area contributed by atoms with E-state index in [1.165, 1.54) is 17.0 Å². The highest BCUT2D eigenvalue weighted by molar-refractivity contribution is 5.94. The van der Waals surface area contributed by atoms with Gasteiger partial charge in [0.25, 0.3) is 5.91 Å². The molecule has 24 heavy (non-hydrogen) atoms. The molecule has 6 nitrogen and oxygen atoms in total. The van der Waals surface area contributed by atoms with Gasteiger partial charge >= 0.3 is 0 Å². The molecule has 1 aromatic heterocycles. The molecule has 2 aromatic carbocycles. The molecule has 1 amide bonds. The second kappa shape index (κ2) is 5.88. The Kier molecular flexibility index (Phi) is 3.89. The highest BCUT2D eigenvalue weighted by Crippen LogP contribution is 2.30. The molecule has 0 aliphatic heterocycles. The van der Waals surface area contributed by atoms with Gasteiger partial charge in [0, 0.05) is 26.2 Å². The second-order valence-corrected chi connectivity index (χ2v) is 5.82. The number of ether oxygens (including phenoxy) is 1. The van der Waals surface area contributed by atoms with Gasteiger partial charge in [0.15, 0.2) is 6.61 Å². The number of aromatic hydroxyl groups is 1. The average Bonchev–Trinajstić information content (AvgIpc) is 2.51. The average molecular weight is 327 g/mol. The van der Waals surface area contributed by atoms with Crippen LogP contribution in [-0.2, 0) is 4.79 Å². The van der Waals surface area contributed by atoms with E-state index in [0.717, 1.165) is 5.56 Å². The van der Waals surface area contributed by atoms with E-state index >= 15 is 0 Å². The highest BCUT2D eigenvalue weighted by Gasteiger charge is 2.14. The number of hydrogen-bond acceptors (Lipinski definition) is 5. The summed E-state index contributed by atoms with van der Waals surface area (Å²) in [6.45, 7) is 1.72. The van der Waals surface area contributed by atoms with Crippen LogP contribution in [0.15, 0.2) is 39.5 Å². The molecule has 0 bridgehead atoms. The van der Waals surface area contributed by atoms with Gasteiger partial charge in [0.05, 0.1) is 5.39 Å². The molecule has 124 valence electrons. The molecule has 3 rings (SSSR count). The zero-order chi connectivity index (χ0) is 17.4. The zero-order valence-corrected chi connectivity index (χ0v) is 13.6. The molecule has 1 heterocycles. The van der Waals surface area contributed by atoms with Gasteiger partial charge in [-0.05, 0) is 24.6 Å². The van der Waals surface area contributed by atoms with Crippen LogP contribution < -0.4 is 10.2 Å². The Morgan fingerprint density at radius 3 is 2.67 bits per heavy atom. The third-order valence-corrected chi connectivity index (χ3v) is 3.74. The Balaban J connectivity index is 2.11. The topological polar surface area (TPSA) is 80.0 Å². The summed E-state index contributed by atoms with van der Waals surface area (Å²) in [5.74, 6) is -0.202. The number of likely N-dealkylation sites (N-methyl/N-ethyl adjacent to an activating group) is 1. The standard InChI is InChI=1S/C18H17NO5/c1-10-4-5-12-14(6-10)24-15-8-11(23-9-16(21)19(2)3)7-13(20)17(15)18(12)22/h4-8,20H,9H2,1-3H3. The largest absolute Gasteiger partial charge is 0.507 e. The summed E-state index contributed by atoms with van der Waals surface area (Å²) < 4.78 is 11.1. The Morgan fingerprint density at radius 2 is 1.96 bits per heavy atom. The van der Waals surface area contributed by atoms with Crippen molar-refractivity contribution in [2.24, 2.45) is 0 Å². The van der Waals surface area contributed by atoms with Crippen LogP contribution in [0.3, 0.4) is 0 Å². The number of nitrogens with zero attached hydrogens (tertiary/aromatic N) is 1. The van der Waals surface area contributed by atoms with Crippen molar-refractivity contribution < 1.29 is 19.1 Å². The van der Waals surface area contributed by atoms with Gasteiger partial charge in [-0.15, -0.1) is 0 Å². The SMILES string of the molecule is Cc1ccc2c(=O)c3c(O)cc(OCC(=O)N(C)C)cc3oc2c1. The number of aryl methyl sites for hydroxylation is 1. The maximum atomic E-state index is 12.6. The molecule has 0 aliphatic rings. The molecule has 0 unspecified atom stereocenters. The summed E-state index contributed by atoms with van der Waals surface area (Å²) in [5, 5.41) is 10.7. The maximum Gasteiger partial charge on any atom is 0.259 e. The van der Waals surface area contributed by atoms with Crippen molar-refractivity contribution in [2.45, 2.75) is 6.92 Å². The van der Waals surface area contributed by atoms with Crippen LogP contribution in [0.1, 0.15) is 5.56 Å². The number of carbonyl (C=O) groups is 1. The Hall–Kier alpha value is -3.02. The van der Waals surface area contributed by atoms with Crippen molar-refractivity contribution in [1.29, 1.82) is 0 Å². The van der Waals surface area contributed by atoms with Gasteiger partial charge in [0.1, 0.15) is 28.1 Å². The van der Waals surface area contributed by atoms with Crippen LogP contribution in [0, 0.1) is 6.92 Å². The summed E-state index contributed by atoms with van der Waals surface area (Å²) in [4.78, 5) is 25.6. The lowest BCUT2D eigenvalue weighted by atomic mass is 10.1. The first-order valence-electron chi connectivity index (χ1n) is 7.40. The van der Waals surface area contributed by atoms with Crippen LogP contribution in [0.5, 0.6) is 11.5 Å². The number of carbonyl (C=O) groups excluding carboxylic acids is 1. The third kappa shape index (κ3) is 2.78. The highest BCUT2D eigenvalue weighted by atomic mass is 16.5. The minimum Gasteiger partial charge on any atom is -0.507 e. The van der Waals surface area contributed by atoms with Crippen molar-refractivity contribution >= 4 is 27.8 Å². The normalized spacial score (nSPS) is 11.0. The molecule has 0 spiro atoms. The van der Waals surface area contributed by atoms with Crippen molar-refractivity contribution in [1.82, 2.24) is 4.90 Å². The van der Waals surface area contributed by atoms with E-state index in [-0.39, 0.29) is 40.4 Å². The molecule has 3 aromatic rings. The minimum atomic E-state index is -0.306. The number of phenolic OH excluding ortho intramolecular Hbond substituents is 1. The van der Waals surface area contributed by atoms with E-state index in [9.17, 15) is 14.7 Å². The maximum absolute atomic E-state index is 12.6. The molecular weight excluding hydrogens is 310 g/mol. The summed E-state index contributed by atoms with van der Waals surface area (Å²) in [7, 11) is 3.24. The van der Waals surface area contributed by atoms with Gasteiger partial charge < -0.3 is 19.2 Å². The fourth-order valence-electron chi connectivity index (χ4n) is 2.40. The van der Waals surface area contributed by atoms with Crippen LogP contribution >= 0.6 is 0 Å². The monoisotopic (exact) mass is 327 g/mol. The van der Waals surface area contributed by atoms with Crippen LogP contribution in [-0.4, -0.2) is 36.6 Å². The number of rotatable bonds is 3. The molecular formula is C18H17NO5. The van der Waals surface area contributed by atoms with Crippen molar-refractivity contribution in [3.8, 4) is 11.5 Å². The van der Waals surface area contributed by atoms with E-state index in [4.69, 9.17) is 9.15 Å². The fraction of sp³-hybridized carbons (Fsp3) is 0.222. The van der Waals surface area contributed by atoms with Crippen LogP contribution in [0.2, 0.25) is 0 Å². The summed E-state index contributed by atoms with van der Waals surface area (Å²) in [6, 6.07) is 8.06. The Morgan fingerprint density at radius 1 is 1.21 bits per heavy atom. The van der Waals surface area contributed by atoms with Gasteiger partial charge in [-0.1, -0.05) is 6.07 Å². The number of fused-ring (bicyclic) bond motifs is 2. The molecule has 1 N–H and O–H groups in total. The smallest absolute Gasteiger partial charge is 0.259 e. The summed E-state index contributed by atoms with van der Waals surface area (Å²) in [6.07, 6.45) is 0. The van der Waals surface area contributed by atoms with Gasteiger partial charge in [-0.25, -0.2) is 0 Å². The fourth-order valence-corrected chi connectivity index (χ4v) is 2.40. The third-order valence-electron chi connectivity index (χ3n) is 3.74. The van der Waals surface area contributed by atoms with E-state index in [2.05, 4.69) is 0 Å². The lowest BCUT2D eigenvalue weighted by Gasteiger charge is -2.12. The van der Waals surface area contributed by atoms with E-state index in [0.29, 0.717) is 11.0 Å². The molecule has 0 radical (unpaired) electrons. The summed E-state index contributed by atoms with van der Waals surface area (Å²) in [5.41, 5.74) is 1.30.